The monoisotopic (exact) mass is 618 g/mol. The number of nitrogens with zero attached hydrogens (tertiary/aromatic N) is 4. The van der Waals surface area contributed by atoms with E-state index in [1.807, 2.05) is 24.3 Å². The van der Waals surface area contributed by atoms with Crippen LogP contribution in [0.3, 0.4) is 0 Å². The molecule has 232 valence electrons. The number of ether oxygens (including phenoxy) is 1. The second-order valence-electron chi connectivity index (χ2n) is 12.0. The minimum absolute atomic E-state index is 0.111. The maximum Gasteiger partial charge on any atom is 0.254 e. The van der Waals surface area contributed by atoms with Crippen LogP contribution in [0, 0.1) is 0 Å². The number of hydrogen-bond donors (Lipinski definition) is 3. The van der Waals surface area contributed by atoms with Crippen LogP contribution in [-0.4, -0.2) is 89.2 Å². The molecule has 0 unspecified atom stereocenters. The van der Waals surface area contributed by atoms with Gasteiger partial charge in [0, 0.05) is 36.9 Å². The Morgan fingerprint density at radius 3 is 2.59 bits per heavy atom. The second kappa shape index (κ2) is 13.6. The van der Waals surface area contributed by atoms with Gasteiger partial charge in [0.15, 0.2) is 0 Å². The lowest BCUT2D eigenvalue weighted by molar-refractivity contribution is -0.122. The van der Waals surface area contributed by atoms with Crippen LogP contribution in [-0.2, 0) is 16.1 Å². The van der Waals surface area contributed by atoms with Crippen LogP contribution in [0.1, 0.15) is 64.7 Å². The predicted molar refractivity (Wildman–Crippen MR) is 169 cm³/mol. The highest BCUT2D eigenvalue weighted by Crippen LogP contribution is 2.32. The molecule has 3 aliphatic heterocycles. The van der Waals surface area contributed by atoms with E-state index in [-0.39, 0.29) is 31.0 Å². The summed E-state index contributed by atoms with van der Waals surface area (Å²) in [4.78, 5) is 39.3. The molecule has 2 amide bonds. The number of halogens is 1. The average molecular weight is 619 g/mol. The Labute approximate surface area is 262 Å². The molecule has 6 rings (SSSR count). The van der Waals surface area contributed by atoms with Crippen molar-refractivity contribution in [2.45, 2.75) is 50.2 Å². The van der Waals surface area contributed by atoms with Crippen LogP contribution in [0.15, 0.2) is 48.7 Å². The Hall–Kier alpha value is -3.57. The van der Waals surface area contributed by atoms with Gasteiger partial charge in [-0.1, -0.05) is 48.0 Å². The van der Waals surface area contributed by atoms with Gasteiger partial charge in [0.25, 0.3) is 5.91 Å². The maximum atomic E-state index is 13.4. The lowest BCUT2D eigenvalue weighted by atomic mass is 9.89. The molecule has 0 aliphatic carbocycles. The van der Waals surface area contributed by atoms with Crippen molar-refractivity contribution in [2.24, 2.45) is 0 Å². The van der Waals surface area contributed by atoms with Gasteiger partial charge in [0.1, 0.15) is 6.54 Å². The zero-order valence-corrected chi connectivity index (χ0v) is 25.7. The van der Waals surface area contributed by atoms with Gasteiger partial charge in [-0.2, -0.15) is 0 Å². The van der Waals surface area contributed by atoms with Crippen molar-refractivity contribution in [3.05, 3.63) is 75.9 Å². The Kier molecular flexibility index (Phi) is 9.42. The third kappa shape index (κ3) is 6.89. The summed E-state index contributed by atoms with van der Waals surface area (Å²) in [5.41, 5.74) is 4.73. The number of rotatable bonds is 9. The number of aliphatic hydroxyl groups is 1. The molecule has 0 spiro atoms. The molecule has 0 bridgehead atoms. The first-order chi connectivity index (χ1) is 21.4. The van der Waals surface area contributed by atoms with Gasteiger partial charge >= 0.3 is 0 Å². The number of likely N-dealkylation sites (tertiary alicyclic amines) is 1. The third-order valence-electron chi connectivity index (χ3n) is 8.94. The van der Waals surface area contributed by atoms with E-state index >= 15 is 0 Å². The van der Waals surface area contributed by atoms with E-state index in [4.69, 9.17) is 16.3 Å². The molecule has 3 aliphatic rings. The van der Waals surface area contributed by atoms with Crippen LogP contribution >= 0.6 is 11.6 Å². The number of nitrogens with one attached hydrogen (secondary N) is 2. The highest BCUT2D eigenvalue weighted by Gasteiger charge is 2.30. The Bertz CT molecular complexity index is 1490. The predicted octanol–water partition coefficient (Wildman–Crippen LogP) is 4.00. The zero-order chi connectivity index (χ0) is 30.6. The highest BCUT2D eigenvalue weighted by atomic mass is 35.5. The van der Waals surface area contributed by atoms with E-state index in [1.165, 1.54) is 10.5 Å². The summed E-state index contributed by atoms with van der Waals surface area (Å²) >= 11 is 6.48. The molecule has 44 heavy (non-hydrogen) atoms. The van der Waals surface area contributed by atoms with Gasteiger partial charge in [0.2, 0.25) is 11.9 Å². The largest absolute Gasteiger partial charge is 0.394 e. The fourth-order valence-electron chi connectivity index (χ4n) is 6.29. The van der Waals surface area contributed by atoms with Crippen LogP contribution < -0.4 is 10.6 Å². The number of hydrogen-bond acceptors (Lipinski definition) is 8. The van der Waals surface area contributed by atoms with Crippen molar-refractivity contribution in [1.82, 2.24) is 25.1 Å². The number of carbonyl (C=O) groups excluding carboxylic acids is 2. The summed E-state index contributed by atoms with van der Waals surface area (Å²) in [5.74, 6) is 0.460. The minimum atomic E-state index is -0.551. The van der Waals surface area contributed by atoms with Gasteiger partial charge in [-0.25, -0.2) is 9.97 Å². The minimum Gasteiger partial charge on any atom is -0.394 e. The molecule has 0 radical (unpaired) electrons. The van der Waals surface area contributed by atoms with Crippen LogP contribution in [0.2, 0.25) is 5.02 Å². The van der Waals surface area contributed by atoms with Crippen LogP contribution in [0.4, 0.5) is 5.95 Å². The Morgan fingerprint density at radius 1 is 1.11 bits per heavy atom. The van der Waals surface area contributed by atoms with Gasteiger partial charge in [-0.05, 0) is 74.5 Å². The Balaban J connectivity index is 1.08. The molecule has 11 heteroatoms. The molecule has 0 saturated carbocycles. The first-order valence-electron chi connectivity index (χ1n) is 15.4. The van der Waals surface area contributed by atoms with Crippen molar-refractivity contribution in [1.29, 1.82) is 0 Å². The van der Waals surface area contributed by atoms with Crippen molar-refractivity contribution in [3.8, 4) is 11.3 Å². The van der Waals surface area contributed by atoms with E-state index in [9.17, 15) is 14.7 Å². The third-order valence-corrected chi connectivity index (χ3v) is 9.22. The summed E-state index contributed by atoms with van der Waals surface area (Å²) in [5, 5.41) is 16.7. The molecule has 3 N–H and O–H groups in total. The SMILES string of the molecule is CN1CCC(c2ccc([C@@H](CO)NC(=O)CN3Cc4ccc(-c5nc(NC6CCOCC6)ncc5Cl)cc4C3=O)cc2)CC1. The molecule has 3 aromatic rings. The number of benzene rings is 2. The average Bonchev–Trinajstić information content (AvgIpc) is 3.35. The summed E-state index contributed by atoms with van der Waals surface area (Å²) in [7, 11) is 2.15. The number of amides is 2. The molecule has 10 nitrogen and oxygen atoms in total. The highest BCUT2D eigenvalue weighted by molar-refractivity contribution is 6.33. The molecule has 4 heterocycles. The lowest BCUT2D eigenvalue weighted by Crippen LogP contribution is -2.40. The van der Waals surface area contributed by atoms with Crippen molar-refractivity contribution < 1.29 is 19.4 Å². The summed E-state index contributed by atoms with van der Waals surface area (Å²) in [6, 6.07) is 13.4. The number of fused-ring (bicyclic) bond motifs is 1. The standard InChI is InChI=1S/C33H39ClN6O4/c1-39-12-8-22(9-13-39)21-2-4-23(5-3-21)29(20-41)37-30(42)19-40-18-25-7-6-24(16-27(25)32(40)43)31-28(34)17-35-33(38-31)36-26-10-14-44-15-11-26/h2-7,16-17,22,26,29,41H,8-15,18-20H2,1H3,(H,37,42)(H,35,36,38)/t29-/m1/s1. The summed E-state index contributed by atoms with van der Waals surface area (Å²) < 4.78 is 5.43. The molecule has 1 atom stereocenters. The fourth-order valence-corrected chi connectivity index (χ4v) is 6.49. The van der Waals surface area contributed by atoms with E-state index in [1.54, 1.807) is 12.3 Å². The van der Waals surface area contributed by atoms with E-state index in [2.05, 4.69) is 44.7 Å². The van der Waals surface area contributed by atoms with Crippen molar-refractivity contribution >= 4 is 29.4 Å². The molecule has 2 saturated heterocycles. The fraction of sp³-hybridized carbons (Fsp3) is 0.455. The molecular formula is C33H39ClN6O4. The van der Waals surface area contributed by atoms with Gasteiger partial charge in [0.05, 0.1) is 29.6 Å². The number of carbonyl (C=O) groups is 2. The molecular weight excluding hydrogens is 580 g/mol. The second-order valence-corrected chi connectivity index (χ2v) is 12.4. The number of aromatic nitrogens is 2. The zero-order valence-electron chi connectivity index (χ0n) is 25.0. The van der Waals surface area contributed by atoms with Crippen LogP contribution in [0.5, 0.6) is 0 Å². The molecule has 2 aromatic carbocycles. The van der Waals surface area contributed by atoms with Crippen LogP contribution in [0.25, 0.3) is 11.3 Å². The van der Waals surface area contributed by atoms with E-state index in [0.717, 1.165) is 49.9 Å². The molecule has 1 aromatic heterocycles. The maximum absolute atomic E-state index is 13.4. The quantitative estimate of drug-likeness (QED) is 0.329. The first kappa shape index (κ1) is 30.5. The first-order valence-corrected chi connectivity index (χ1v) is 15.7. The normalized spacial score (nSPS) is 18.7. The van der Waals surface area contributed by atoms with Gasteiger partial charge < -0.3 is 30.3 Å². The van der Waals surface area contributed by atoms with E-state index < -0.39 is 6.04 Å². The van der Waals surface area contributed by atoms with Gasteiger partial charge in [-0.3, -0.25) is 9.59 Å². The van der Waals surface area contributed by atoms with Gasteiger partial charge in [-0.15, -0.1) is 0 Å². The summed E-state index contributed by atoms with van der Waals surface area (Å²) in [6.45, 7) is 3.56. The summed E-state index contributed by atoms with van der Waals surface area (Å²) in [6.07, 6.45) is 5.58. The van der Waals surface area contributed by atoms with Crippen molar-refractivity contribution in [2.75, 3.05) is 51.8 Å². The topological polar surface area (TPSA) is 120 Å². The van der Waals surface area contributed by atoms with Crippen molar-refractivity contribution in [3.63, 3.8) is 0 Å². The number of piperidine rings is 1. The lowest BCUT2D eigenvalue weighted by Gasteiger charge is -2.29. The molecule has 2 fully saturated rings. The number of aliphatic hydroxyl groups excluding tert-OH is 1. The number of anilines is 1. The Morgan fingerprint density at radius 2 is 1.86 bits per heavy atom. The van der Waals surface area contributed by atoms with E-state index in [0.29, 0.717) is 53.5 Å². The smallest absolute Gasteiger partial charge is 0.254 e.